The van der Waals surface area contributed by atoms with Crippen LogP contribution in [0.3, 0.4) is 0 Å². The highest BCUT2D eigenvalue weighted by atomic mass is 35.5. The summed E-state index contributed by atoms with van der Waals surface area (Å²) in [4.78, 5) is 5.08. The minimum absolute atomic E-state index is 0.775. The van der Waals surface area contributed by atoms with Gasteiger partial charge in [-0.1, -0.05) is 11.6 Å². The van der Waals surface area contributed by atoms with Gasteiger partial charge in [0.15, 0.2) is 0 Å². The van der Waals surface area contributed by atoms with Crippen molar-refractivity contribution in [3.8, 4) is 0 Å². The lowest BCUT2D eigenvalue weighted by Gasteiger charge is -2.35. The number of nitrogens with zero attached hydrogens (tertiary/aromatic N) is 2. The van der Waals surface area contributed by atoms with Crippen LogP contribution >= 0.6 is 11.6 Å². The van der Waals surface area contributed by atoms with Gasteiger partial charge in [0, 0.05) is 50.0 Å². The van der Waals surface area contributed by atoms with E-state index in [-0.39, 0.29) is 0 Å². The molecule has 1 saturated heterocycles. The molecule has 3 rings (SSSR count). The summed E-state index contributed by atoms with van der Waals surface area (Å²) in [5.74, 6) is 0.995. The molecule has 19 heavy (non-hydrogen) atoms. The quantitative estimate of drug-likeness (QED) is 0.860. The average Bonchev–Trinajstić information content (AvgIpc) is 3.20. The maximum absolute atomic E-state index is 6.04. The Morgan fingerprint density at radius 1 is 1.11 bits per heavy atom. The van der Waals surface area contributed by atoms with E-state index in [1.54, 1.807) is 0 Å². The maximum Gasteiger partial charge on any atom is 0.0410 e. The Morgan fingerprint density at radius 3 is 2.47 bits per heavy atom. The van der Waals surface area contributed by atoms with Crippen molar-refractivity contribution in [2.24, 2.45) is 5.92 Å². The lowest BCUT2D eigenvalue weighted by atomic mass is 10.1. The molecule has 0 spiro atoms. The second-order valence-electron chi connectivity index (χ2n) is 5.86. The van der Waals surface area contributed by atoms with E-state index in [1.807, 2.05) is 18.2 Å². The topological polar surface area (TPSA) is 32.5 Å². The van der Waals surface area contributed by atoms with Gasteiger partial charge in [0.1, 0.15) is 0 Å². The summed E-state index contributed by atoms with van der Waals surface area (Å²) in [6, 6.07) is 5.75. The monoisotopic (exact) mass is 279 g/mol. The van der Waals surface area contributed by atoms with Crippen LogP contribution in [0.2, 0.25) is 5.02 Å². The van der Waals surface area contributed by atoms with Gasteiger partial charge < -0.3 is 10.6 Å². The molecule has 0 aromatic heterocycles. The second kappa shape index (κ2) is 5.70. The zero-order valence-corrected chi connectivity index (χ0v) is 12.1. The van der Waals surface area contributed by atoms with Crippen LogP contribution in [0.5, 0.6) is 0 Å². The van der Waals surface area contributed by atoms with Crippen LogP contribution in [-0.4, -0.2) is 42.5 Å². The summed E-state index contributed by atoms with van der Waals surface area (Å²) >= 11 is 6.04. The number of piperazine rings is 1. The van der Waals surface area contributed by atoms with Crippen LogP contribution < -0.4 is 5.73 Å². The van der Waals surface area contributed by atoms with Crippen LogP contribution in [0.4, 0.5) is 5.69 Å². The van der Waals surface area contributed by atoms with Crippen molar-refractivity contribution in [2.75, 3.05) is 38.5 Å². The highest BCUT2D eigenvalue weighted by molar-refractivity contribution is 6.30. The van der Waals surface area contributed by atoms with Crippen molar-refractivity contribution < 1.29 is 0 Å². The molecule has 0 atom stereocenters. The SMILES string of the molecule is Nc1ccc(Cl)cc1CN1CCN(CC2CC2)CC1. The summed E-state index contributed by atoms with van der Waals surface area (Å²) in [5.41, 5.74) is 8.02. The van der Waals surface area contributed by atoms with Gasteiger partial charge in [-0.15, -0.1) is 0 Å². The summed E-state index contributed by atoms with van der Waals surface area (Å²) in [5, 5.41) is 0.775. The van der Waals surface area contributed by atoms with E-state index in [9.17, 15) is 0 Å². The molecule has 1 heterocycles. The van der Waals surface area contributed by atoms with Crippen LogP contribution in [0.1, 0.15) is 18.4 Å². The summed E-state index contributed by atoms with van der Waals surface area (Å²) in [7, 11) is 0. The molecule has 1 aromatic carbocycles. The smallest absolute Gasteiger partial charge is 0.0410 e. The number of hydrogen-bond donors (Lipinski definition) is 1. The fourth-order valence-electron chi connectivity index (χ4n) is 2.75. The fraction of sp³-hybridized carbons (Fsp3) is 0.600. The molecule has 1 aliphatic carbocycles. The minimum Gasteiger partial charge on any atom is -0.398 e. The van der Waals surface area contributed by atoms with E-state index in [4.69, 9.17) is 17.3 Å². The first-order valence-corrected chi connectivity index (χ1v) is 7.57. The number of benzene rings is 1. The minimum atomic E-state index is 0.775. The van der Waals surface area contributed by atoms with Gasteiger partial charge in [-0.05, 0) is 42.5 Å². The molecule has 0 bridgehead atoms. The fourth-order valence-corrected chi connectivity index (χ4v) is 2.94. The van der Waals surface area contributed by atoms with Crippen molar-refractivity contribution in [2.45, 2.75) is 19.4 Å². The Balaban J connectivity index is 1.52. The Bertz CT molecular complexity index is 437. The van der Waals surface area contributed by atoms with Crippen molar-refractivity contribution in [3.05, 3.63) is 28.8 Å². The van der Waals surface area contributed by atoms with Crippen molar-refractivity contribution in [1.29, 1.82) is 0 Å². The summed E-state index contributed by atoms with van der Waals surface area (Å²) in [6.07, 6.45) is 2.89. The average molecular weight is 280 g/mol. The van der Waals surface area contributed by atoms with Crippen LogP contribution in [0.25, 0.3) is 0 Å². The van der Waals surface area contributed by atoms with Gasteiger partial charge in [0.25, 0.3) is 0 Å². The highest BCUT2D eigenvalue weighted by Crippen LogP contribution is 2.30. The third-order valence-electron chi connectivity index (χ3n) is 4.18. The maximum atomic E-state index is 6.04. The van der Waals surface area contributed by atoms with E-state index >= 15 is 0 Å². The first kappa shape index (κ1) is 13.2. The Labute approximate surface area is 120 Å². The number of anilines is 1. The number of nitrogen functional groups attached to an aromatic ring is 1. The molecule has 4 heteroatoms. The van der Waals surface area contributed by atoms with E-state index in [0.717, 1.165) is 41.8 Å². The Morgan fingerprint density at radius 2 is 1.79 bits per heavy atom. The molecule has 0 radical (unpaired) electrons. The molecule has 2 aliphatic rings. The van der Waals surface area contributed by atoms with Gasteiger partial charge in [0.2, 0.25) is 0 Å². The van der Waals surface area contributed by atoms with Crippen molar-refractivity contribution in [3.63, 3.8) is 0 Å². The van der Waals surface area contributed by atoms with Crippen molar-refractivity contribution >= 4 is 17.3 Å². The molecule has 2 N–H and O–H groups in total. The number of halogens is 1. The third kappa shape index (κ3) is 3.62. The van der Waals surface area contributed by atoms with E-state index in [2.05, 4.69) is 9.80 Å². The zero-order valence-electron chi connectivity index (χ0n) is 11.3. The first-order chi connectivity index (χ1) is 9.20. The van der Waals surface area contributed by atoms with Crippen LogP contribution in [-0.2, 0) is 6.54 Å². The first-order valence-electron chi connectivity index (χ1n) is 7.19. The predicted octanol–water partition coefficient (Wildman–Crippen LogP) is 2.45. The number of hydrogen-bond acceptors (Lipinski definition) is 3. The molecular weight excluding hydrogens is 258 g/mol. The Hall–Kier alpha value is -0.770. The van der Waals surface area contributed by atoms with E-state index in [1.165, 1.54) is 32.5 Å². The predicted molar refractivity (Wildman–Crippen MR) is 80.3 cm³/mol. The number of nitrogens with two attached hydrogens (primary N) is 1. The molecular formula is C15H22ClN3. The third-order valence-corrected chi connectivity index (χ3v) is 4.41. The lowest BCUT2D eigenvalue weighted by molar-refractivity contribution is 0.123. The van der Waals surface area contributed by atoms with Gasteiger partial charge in [-0.25, -0.2) is 0 Å². The molecule has 3 nitrogen and oxygen atoms in total. The van der Waals surface area contributed by atoms with Gasteiger partial charge in [0.05, 0.1) is 0 Å². The zero-order chi connectivity index (χ0) is 13.2. The highest BCUT2D eigenvalue weighted by Gasteiger charge is 2.26. The van der Waals surface area contributed by atoms with Gasteiger partial charge in [-0.2, -0.15) is 0 Å². The molecule has 0 unspecified atom stereocenters. The molecule has 0 amide bonds. The van der Waals surface area contributed by atoms with E-state index < -0.39 is 0 Å². The Kier molecular flexibility index (Phi) is 3.96. The lowest BCUT2D eigenvalue weighted by Crippen LogP contribution is -2.46. The second-order valence-corrected chi connectivity index (χ2v) is 6.30. The molecule has 1 saturated carbocycles. The molecule has 1 aliphatic heterocycles. The van der Waals surface area contributed by atoms with Crippen LogP contribution in [0, 0.1) is 5.92 Å². The van der Waals surface area contributed by atoms with Crippen LogP contribution in [0.15, 0.2) is 18.2 Å². The number of rotatable bonds is 4. The van der Waals surface area contributed by atoms with Gasteiger partial charge in [-0.3, -0.25) is 4.90 Å². The van der Waals surface area contributed by atoms with E-state index in [0.29, 0.717) is 0 Å². The largest absolute Gasteiger partial charge is 0.398 e. The molecule has 1 aromatic rings. The molecule has 104 valence electrons. The summed E-state index contributed by atoms with van der Waals surface area (Å²) in [6.45, 7) is 6.89. The normalized spacial score (nSPS) is 21.7. The standard InChI is InChI=1S/C15H22ClN3/c16-14-3-4-15(17)13(9-14)11-19-7-5-18(6-8-19)10-12-1-2-12/h3-4,9,12H,1-2,5-8,10-11,17H2. The van der Waals surface area contributed by atoms with Crippen molar-refractivity contribution in [1.82, 2.24) is 9.80 Å². The summed E-state index contributed by atoms with van der Waals surface area (Å²) < 4.78 is 0. The van der Waals surface area contributed by atoms with Gasteiger partial charge >= 0.3 is 0 Å². The molecule has 2 fully saturated rings.